The SMILES string of the molecule is O=Cc1ccc(I)c(I)c1O. The molecule has 0 aliphatic rings. The predicted molar refractivity (Wildman–Crippen MR) is 58.9 cm³/mol. The van der Waals surface area contributed by atoms with Gasteiger partial charge in [0.15, 0.2) is 6.29 Å². The zero-order valence-corrected chi connectivity index (χ0v) is 9.66. The fourth-order valence-corrected chi connectivity index (χ4v) is 1.58. The highest BCUT2D eigenvalue weighted by Gasteiger charge is 2.06. The fraction of sp³-hybridized carbons (Fsp3) is 0. The Kier molecular flexibility index (Phi) is 3.11. The van der Waals surface area contributed by atoms with Crippen molar-refractivity contribution in [1.29, 1.82) is 0 Å². The molecule has 0 atom stereocenters. The Morgan fingerprint density at radius 1 is 1.36 bits per heavy atom. The quantitative estimate of drug-likeness (QED) is 0.606. The molecule has 0 aliphatic heterocycles. The van der Waals surface area contributed by atoms with Gasteiger partial charge in [0, 0.05) is 3.57 Å². The van der Waals surface area contributed by atoms with Gasteiger partial charge in [0.1, 0.15) is 5.75 Å². The summed E-state index contributed by atoms with van der Waals surface area (Å²) in [5.74, 6) is 0.0764. The van der Waals surface area contributed by atoms with E-state index in [4.69, 9.17) is 0 Å². The van der Waals surface area contributed by atoms with Crippen molar-refractivity contribution in [3.8, 4) is 5.75 Å². The summed E-state index contributed by atoms with van der Waals surface area (Å²) in [6.45, 7) is 0. The van der Waals surface area contributed by atoms with Crippen LogP contribution in [0.25, 0.3) is 0 Å². The van der Waals surface area contributed by atoms with E-state index in [0.29, 0.717) is 11.8 Å². The van der Waals surface area contributed by atoms with Crippen LogP contribution in [0, 0.1) is 7.14 Å². The molecule has 0 saturated carbocycles. The summed E-state index contributed by atoms with van der Waals surface area (Å²) in [4.78, 5) is 10.3. The molecular formula is C7H4I2O2. The van der Waals surface area contributed by atoms with Crippen LogP contribution in [0.1, 0.15) is 10.4 Å². The molecule has 0 saturated heterocycles. The van der Waals surface area contributed by atoms with Crippen molar-refractivity contribution in [1.82, 2.24) is 0 Å². The molecule has 1 rings (SSSR count). The van der Waals surface area contributed by atoms with E-state index in [9.17, 15) is 9.90 Å². The van der Waals surface area contributed by atoms with E-state index in [1.54, 1.807) is 12.1 Å². The molecule has 1 aromatic carbocycles. The molecule has 1 aromatic rings. The number of carbonyl (C=O) groups is 1. The van der Waals surface area contributed by atoms with E-state index in [-0.39, 0.29) is 5.75 Å². The number of rotatable bonds is 1. The third kappa shape index (κ3) is 1.84. The number of carbonyl (C=O) groups excluding carboxylic acids is 1. The maximum absolute atomic E-state index is 10.3. The summed E-state index contributed by atoms with van der Waals surface area (Å²) in [5.41, 5.74) is 0.342. The van der Waals surface area contributed by atoms with Crippen molar-refractivity contribution in [3.05, 3.63) is 24.8 Å². The maximum atomic E-state index is 10.3. The smallest absolute Gasteiger partial charge is 0.153 e. The van der Waals surface area contributed by atoms with Gasteiger partial charge >= 0.3 is 0 Å². The summed E-state index contributed by atoms with van der Waals surface area (Å²) < 4.78 is 1.68. The zero-order chi connectivity index (χ0) is 8.43. The lowest BCUT2D eigenvalue weighted by Crippen LogP contribution is -1.86. The third-order valence-electron chi connectivity index (χ3n) is 1.23. The van der Waals surface area contributed by atoms with Crippen molar-refractivity contribution in [3.63, 3.8) is 0 Å². The van der Waals surface area contributed by atoms with Crippen LogP contribution in [0.2, 0.25) is 0 Å². The first-order chi connectivity index (χ1) is 5.16. The lowest BCUT2D eigenvalue weighted by Gasteiger charge is -2.01. The van der Waals surface area contributed by atoms with Gasteiger partial charge in [-0.2, -0.15) is 0 Å². The van der Waals surface area contributed by atoms with Crippen molar-refractivity contribution < 1.29 is 9.90 Å². The molecule has 0 unspecified atom stereocenters. The Morgan fingerprint density at radius 3 is 2.55 bits per heavy atom. The van der Waals surface area contributed by atoms with Gasteiger partial charge in [0.25, 0.3) is 0 Å². The fourth-order valence-electron chi connectivity index (χ4n) is 0.650. The molecule has 58 valence electrons. The minimum Gasteiger partial charge on any atom is -0.506 e. The second-order valence-corrected chi connectivity index (χ2v) is 4.16. The van der Waals surface area contributed by atoms with Crippen LogP contribution in [0.4, 0.5) is 0 Å². The highest BCUT2D eigenvalue weighted by Crippen LogP contribution is 2.27. The van der Waals surface area contributed by atoms with E-state index < -0.39 is 0 Å². The van der Waals surface area contributed by atoms with Crippen LogP contribution in [-0.4, -0.2) is 11.4 Å². The average Bonchev–Trinajstić information content (AvgIpc) is 2.01. The first-order valence-electron chi connectivity index (χ1n) is 2.79. The Bertz CT molecular complexity index is 297. The standard InChI is InChI=1S/C7H4I2O2/c8-5-2-1-4(3-10)7(11)6(5)9/h1-3,11H. The highest BCUT2D eigenvalue weighted by atomic mass is 127. The van der Waals surface area contributed by atoms with Crippen LogP contribution < -0.4 is 0 Å². The molecule has 4 heteroatoms. The van der Waals surface area contributed by atoms with Gasteiger partial charge in [0.2, 0.25) is 0 Å². The molecule has 0 spiro atoms. The van der Waals surface area contributed by atoms with Gasteiger partial charge < -0.3 is 5.11 Å². The second kappa shape index (κ2) is 3.70. The summed E-state index contributed by atoms with van der Waals surface area (Å²) >= 11 is 4.10. The number of benzene rings is 1. The van der Waals surface area contributed by atoms with Gasteiger partial charge in [-0.1, -0.05) is 0 Å². The normalized spacial score (nSPS) is 9.64. The first kappa shape index (κ1) is 9.24. The van der Waals surface area contributed by atoms with Crippen molar-refractivity contribution >= 4 is 51.5 Å². The molecule has 0 fully saturated rings. The number of hydrogen-bond donors (Lipinski definition) is 1. The number of aromatic hydroxyl groups is 1. The summed E-state index contributed by atoms with van der Waals surface area (Å²) in [6.07, 6.45) is 0.646. The molecule has 0 heterocycles. The van der Waals surface area contributed by atoms with Crippen LogP contribution in [0.15, 0.2) is 12.1 Å². The summed E-state index contributed by atoms with van der Waals surface area (Å²) in [6, 6.07) is 3.40. The number of halogens is 2. The lowest BCUT2D eigenvalue weighted by atomic mass is 10.2. The van der Waals surface area contributed by atoms with E-state index in [1.165, 1.54) is 0 Å². The topological polar surface area (TPSA) is 37.3 Å². The van der Waals surface area contributed by atoms with Gasteiger partial charge in [-0.3, -0.25) is 4.79 Å². The number of aldehydes is 1. The molecular weight excluding hydrogens is 370 g/mol. The Morgan fingerprint density at radius 2 is 2.00 bits per heavy atom. The molecule has 0 radical (unpaired) electrons. The third-order valence-corrected chi connectivity index (χ3v) is 4.25. The minimum atomic E-state index is 0.0764. The number of hydrogen-bond acceptors (Lipinski definition) is 2. The van der Waals surface area contributed by atoms with E-state index in [2.05, 4.69) is 22.6 Å². The Hall–Kier alpha value is 0.150. The Labute approximate surface area is 91.3 Å². The van der Waals surface area contributed by atoms with E-state index in [0.717, 1.165) is 7.14 Å². The molecule has 0 bridgehead atoms. The van der Waals surface area contributed by atoms with Gasteiger partial charge in [-0.25, -0.2) is 0 Å². The largest absolute Gasteiger partial charge is 0.506 e. The van der Waals surface area contributed by atoms with Crippen LogP contribution in [0.3, 0.4) is 0 Å². The van der Waals surface area contributed by atoms with E-state index in [1.807, 2.05) is 22.6 Å². The summed E-state index contributed by atoms with van der Waals surface area (Å²) in [7, 11) is 0. The van der Waals surface area contributed by atoms with Gasteiger partial charge in [-0.05, 0) is 57.3 Å². The molecule has 0 amide bonds. The Balaban J connectivity index is 3.36. The highest BCUT2D eigenvalue weighted by molar-refractivity contribution is 14.1. The van der Waals surface area contributed by atoms with Crippen molar-refractivity contribution in [2.45, 2.75) is 0 Å². The minimum absolute atomic E-state index is 0.0764. The van der Waals surface area contributed by atoms with Crippen molar-refractivity contribution in [2.75, 3.05) is 0 Å². The second-order valence-electron chi connectivity index (χ2n) is 1.92. The number of phenols is 1. The molecule has 11 heavy (non-hydrogen) atoms. The van der Waals surface area contributed by atoms with Crippen LogP contribution in [-0.2, 0) is 0 Å². The van der Waals surface area contributed by atoms with Gasteiger partial charge in [0.05, 0.1) is 9.13 Å². The summed E-state index contributed by atoms with van der Waals surface area (Å²) in [5, 5.41) is 9.33. The lowest BCUT2D eigenvalue weighted by molar-refractivity contribution is 0.112. The molecule has 0 aromatic heterocycles. The molecule has 0 aliphatic carbocycles. The van der Waals surface area contributed by atoms with Crippen molar-refractivity contribution in [2.24, 2.45) is 0 Å². The van der Waals surface area contributed by atoms with Crippen LogP contribution in [0.5, 0.6) is 5.75 Å². The molecule has 2 nitrogen and oxygen atoms in total. The maximum Gasteiger partial charge on any atom is 0.153 e. The predicted octanol–water partition coefficient (Wildman–Crippen LogP) is 2.41. The average molecular weight is 374 g/mol. The van der Waals surface area contributed by atoms with Gasteiger partial charge in [-0.15, -0.1) is 0 Å². The molecule has 1 N–H and O–H groups in total. The van der Waals surface area contributed by atoms with Crippen LogP contribution >= 0.6 is 45.2 Å². The van der Waals surface area contributed by atoms with E-state index >= 15 is 0 Å². The number of phenolic OH excluding ortho intramolecular Hbond substituents is 1. The monoisotopic (exact) mass is 374 g/mol. The first-order valence-corrected chi connectivity index (χ1v) is 4.94. The zero-order valence-electron chi connectivity index (χ0n) is 5.34.